The highest BCUT2D eigenvalue weighted by molar-refractivity contribution is 6.30. The number of amides is 2. The number of rotatable bonds is 7. The monoisotopic (exact) mass is 455 g/mol. The van der Waals surface area contributed by atoms with Crippen molar-refractivity contribution in [2.75, 3.05) is 11.4 Å². The second-order valence-electron chi connectivity index (χ2n) is 7.39. The van der Waals surface area contributed by atoms with E-state index in [1.165, 1.54) is 0 Å². The lowest BCUT2D eigenvalue weighted by molar-refractivity contribution is 0.0995. The molecule has 0 saturated carbocycles. The molecule has 2 N–H and O–H groups in total. The topological polar surface area (TPSA) is 126 Å². The van der Waals surface area contributed by atoms with Gasteiger partial charge in [-0.2, -0.15) is 0 Å². The minimum atomic E-state index is -1.12. The molecule has 0 spiro atoms. The Morgan fingerprint density at radius 2 is 2.09 bits per heavy atom. The van der Waals surface area contributed by atoms with Crippen molar-refractivity contribution in [3.05, 3.63) is 52.1 Å². The molecule has 10 nitrogen and oxygen atoms in total. The summed E-state index contributed by atoms with van der Waals surface area (Å²) in [6.07, 6.45) is 0.135. The Morgan fingerprint density at radius 1 is 1.28 bits per heavy atom. The van der Waals surface area contributed by atoms with E-state index >= 15 is 0 Å². The normalized spacial score (nSPS) is 12.8. The number of nitrogens with zero attached hydrogens (tertiary/aromatic N) is 6. The molecule has 3 aromatic heterocycles. The number of nitrogens with one attached hydrogen (secondary N) is 1. The number of aryl methyl sites for hydroxylation is 1. The maximum Gasteiger partial charge on any atom is 0.404 e. The molecule has 0 radical (unpaired) electrons. The maximum atomic E-state index is 13.2. The van der Waals surface area contributed by atoms with Gasteiger partial charge in [-0.05, 0) is 31.5 Å². The molecule has 0 bridgehead atoms. The predicted octanol–water partition coefficient (Wildman–Crippen LogP) is 3.08. The predicted molar refractivity (Wildman–Crippen MR) is 118 cm³/mol. The number of hydrogen-bond donors (Lipinski definition) is 2. The first kappa shape index (κ1) is 21.7. The number of pyridine rings is 2. The van der Waals surface area contributed by atoms with Gasteiger partial charge in [-0.25, -0.2) is 14.8 Å². The Kier molecular flexibility index (Phi) is 6.04. The van der Waals surface area contributed by atoms with E-state index in [1.54, 1.807) is 17.0 Å². The molecular weight excluding hydrogens is 434 g/mol. The van der Waals surface area contributed by atoms with E-state index in [2.05, 4.69) is 27.4 Å². The molecule has 4 rings (SSSR count). The molecule has 0 aromatic carbocycles. The first-order chi connectivity index (χ1) is 15.4. The highest BCUT2D eigenvalue weighted by Crippen LogP contribution is 2.31. The number of carboxylic acid groups (broad SMARTS) is 1. The number of aromatic nitrogens is 5. The van der Waals surface area contributed by atoms with Gasteiger partial charge < -0.3 is 15.0 Å². The first-order valence-corrected chi connectivity index (χ1v) is 10.6. The van der Waals surface area contributed by atoms with Gasteiger partial charge in [-0.1, -0.05) is 24.6 Å². The van der Waals surface area contributed by atoms with Gasteiger partial charge in [0.15, 0.2) is 5.82 Å². The summed E-state index contributed by atoms with van der Waals surface area (Å²) in [5.41, 5.74) is 2.39. The van der Waals surface area contributed by atoms with E-state index in [1.807, 2.05) is 23.6 Å². The van der Waals surface area contributed by atoms with Crippen molar-refractivity contribution in [2.24, 2.45) is 0 Å². The van der Waals surface area contributed by atoms with Crippen LogP contribution in [0.5, 0.6) is 0 Å². The van der Waals surface area contributed by atoms with Crippen LogP contribution in [-0.2, 0) is 19.5 Å². The summed E-state index contributed by atoms with van der Waals surface area (Å²) in [5.74, 6) is 1.71. The largest absolute Gasteiger partial charge is 0.465 e. The van der Waals surface area contributed by atoms with Crippen LogP contribution < -0.4 is 10.2 Å². The summed E-state index contributed by atoms with van der Waals surface area (Å²) in [6, 6.07) is 6.98. The van der Waals surface area contributed by atoms with E-state index in [9.17, 15) is 9.59 Å². The van der Waals surface area contributed by atoms with Crippen LogP contribution in [0.25, 0.3) is 11.5 Å². The lowest BCUT2D eigenvalue weighted by atomic mass is 10.1. The van der Waals surface area contributed by atoms with E-state index in [0.717, 1.165) is 24.4 Å². The smallest absolute Gasteiger partial charge is 0.404 e. The Hall–Kier alpha value is -3.53. The van der Waals surface area contributed by atoms with Gasteiger partial charge in [-0.15, -0.1) is 10.2 Å². The minimum absolute atomic E-state index is 0.170. The highest BCUT2D eigenvalue weighted by atomic mass is 35.5. The van der Waals surface area contributed by atoms with E-state index in [4.69, 9.17) is 21.7 Å². The third kappa shape index (κ3) is 4.13. The van der Waals surface area contributed by atoms with Crippen molar-refractivity contribution < 1.29 is 14.7 Å². The number of anilines is 1. The second-order valence-corrected chi connectivity index (χ2v) is 7.78. The van der Waals surface area contributed by atoms with Crippen molar-refractivity contribution in [3.8, 4) is 11.5 Å². The van der Waals surface area contributed by atoms with Gasteiger partial charge in [0.1, 0.15) is 22.5 Å². The summed E-state index contributed by atoms with van der Waals surface area (Å²) in [7, 11) is 0. The van der Waals surface area contributed by atoms with Crippen molar-refractivity contribution in [1.29, 1.82) is 0 Å². The zero-order valence-electron chi connectivity index (χ0n) is 17.7. The Morgan fingerprint density at radius 3 is 2.84 bits per heavy atom. The van der Waals surface area contributed by atoms with Crippen LogP contribution in [0.3, 0.4) is 0 Å². The molecule has 2 amide bonds. The van der Waals surface area contributed by atoms with Gasteiger partial charge in [0, 0.05) is 36.3 Å². The molecule has 0 unspecified atom stereocenters. The van der Waals surface area contributed by atoms with Crippen LogP contribution in [0.4, 0.5) is 10.6 Å². The molecule has 166 valence electrons. The van der Waals surface area contributed by atoms with E-state index in [-0.39, 0.29) is 24.1 Å². The molecule has 0 saturated heterocycles. The standard InChI is InChI=1S/C21H22ClN7O3/c1-3-9-28-12(2)26-27-19(28)16-5-4-6-18(25-16)29-11-14-13(20(29)30)10-17(22)24-15(14)7-8-23-21(31)32/h4-6,10,23H,3,7-9,11H2,1-2H3,(H,31,32). The Balaban J connectivity index is 1.65. The lowest BCUT2D eigenvalue weighted by Gasteiger charge is -2.16. The quantitative estimate of drug-likeness (QED) is 0.524. The van der Waals surface area contributed by atoms with Crippen molar-refractivity contribution in [1.82, 2.24) is 30.0 Å². The van der Waals surface area contributed by atoms with Crippen molar-refractivity contribution in [2.45, 2.75) is 39.8 Å². The number of carbonyl (C=O) groups excluding carboxylic acids is 1. The molecule has 0 atom stereocenters. The van der Waals surface area contributed by atoms with Gasteiger partial charge in [-0.3, -0.25) is 9.69 Å². The van der Waals surface area contributed by atoms with Crippen molar-refractivity contribution in [3.63, 3.8) is 0 Å². The number of hydrogen-bond acceptors (Lipinski definition) is 6. The number of halogens is 1. The van der Waals surface area contributed by atoms with Gasteiger partial charge >= 0.3 is 6.09 Å². The summed E-state index contributed by atoms with van der Waals surface area (Å²) >= 11 is 6.13. The Bertz CT molecular complexity index is 1190. The fourth-order valence-corrected chi connectivity index (χ4v) is 3.98. The Labute approximate surface area is 189 Å². The maximum absolute atomic E-state index is 13.2. The summed E-state index contributed by atoms with van der Waals surface area (Å²) in [4.78, 5) is 34.5. The van der Waals surface area contributed by atoms with Gasteiger partial charge in [0.05, 0.1) is 6.54 Å². The molecule has 32 heavy (non-hydrogen) atoms. The highest BCUT2D eigenvalue weighted by Gasteiger charge is 2.32. The van der Waals surface area contributed by atoms with Crippen LogP contribution in [0.15, 0.2) is 24.3 Å². The molecular formula is C21H22ClN7O3. The zero-order valence-corrected chi connectivity index (χ0v) is 18.4. The first-order valence-electron chi connectivity index (χ1n) is 10.2. The fourth-order valence-electron chi connectivity index (χ4n) is 3.77. The lowest BCUT2D eigenvalue weighted by Crippen LogP contribution is -2.24. The zero-order chi connectivity index (χ0) is 22.8. The third-order valence-corrected chi connectivity index (χ3v) is 5.43. The SMILES string of the molecule is CCCn1c(C)nnc1-c1cccc(N2Cc3c(cc(Cl)nc3CCNC(=O)O)C2=O)n1. The van der Waals surface area contributed by atoms with Gasteiger partial charge in [0.25, 0.3) is 5.91 Å². The van der Waals surface area contributed by atoms with E-state index < -0.39 is 6.09 Å². The van der Waals surface area contributed by atoms with E-state index in [0.29, 0.717) is 35.0 Å². The third-order valence-electron chi connectivity index (χ3n) is 5.23. The molecule has 4 heterocycles. The molecule has 1 aliphatic rings. The van der Waals surface area contributed by atoms with Crippen LogP contribution in [-0.4, -0.2) is 48.4 Å². The second kappa shape index (κ2) is 8.91. The molecule has 0 aliphatic carbocycles. The average Bonchev–Trinajstić information content (AvgIpc) is 3.29. The summed E-state index contributed by atoms with van der Waals surface area (Å²) in [5, 5.41) is 19.7. The molecule has 0 fully saturated rings. The molecule has 1 aliphatic heterocycles. The van der Waals surface area contributed by atoms with Crippen LogP contribution in [0.2, 0.25) is 5.15 Å². The molecule has 3 aromatic rings. The minimum Gasteiger partial charge on any atom is -0.465 e. The number of fused-ring (bicyclic) bond motifs is 1. The summed E-state index contributed by atoms with van der Waals surface area (Å²) in [6.45, 7) is 5.19. The molecule has 11 heteroatoms. The van der Waals surface area contributed by atoms with Crippen LogP contribution >= 0.6 is 11.6 Å². The van der Waals surface area contributed by atoms with Crippen molar-refractivity contribution >= 4 is 29.4 Å². The van der Waals surface area contributed by atoms with Crippen LogP contribution in [0, 0.1) is 6.92 Å². The number of carbonyl (C=O) groups is 2. The van der Waals surface area contributed by atoms with Gasteiger partial charge in [0.2, 0.25) is 0 Å². The summed E-state index contributed by atoms with van der Waals surface area (Å²) < 4.78 is 2.00. The average molecular weight is 456 g/mol. The fraction of sp³-hybridized carbons (Fsp3) is 0.333. The van der Waals surface area contributed by atoms with Crippen LogP contribution in [0.1, 0.15) is 40.8 Å².